The molecule has 1 aromatic rings. The number of carbonyl (C=O) groups is 1. The van der Waals surface area contributed by atoms with Gasteiger partial charge in [0.25, 0.3) is 0 Å². The van der Waals surface area contributed by atoms with Crippen molar-refractivity contribution in [3.05, 3.63) is 10.6 Å². The molecule has 112 valence electrons. The zero-order chi connectivity index (χ0) is 14.5. The van der Waals surface area contributed by atoms with Crippen LogP contribution in [0.15, 0.2) is 0 Å². The fraction of sp³-hybridized carbons (Fsp3) is 0.733. The number of ether oxygens (including phenoxy) is 1. The number of aryl methyl sites for hydroxylation is 1. The van der Waals surface area contributed by atoms with Gasteiger partial charge in [-0.1, -0.05) is 13.3 Å². The maximum Gasteiger partial charge on any atom is 0.358 e. The first-order chi connectivity index (χ1) is 9.67. The number of rotatable bonds is 5. The molecule has 20 heavy (non-hydrogen) atoms. The molecule has 0 saturated carbocycles. The zero-order valence-electron chi connectivity index (χ0n) is 12.6. The van der Waals surface area contributed by atoms with Crippen molar-refractivity contribution in [3.63, 3.8) is 0 Å². The quantitative estimate of drug-likeness (QED) is 0.775. The van der Waals surface area contributed by atoms with Gasteiger partial charge in [0.15, 0.2) is 10.8 Å². The molecule has 0 bridgehead atoms. The van der Waals surface area contributed by atoms with E-state index in [1.807, 2.05) is 13.8 Å². The van der Waals surface area contributed by atoms with Gasteiger partial charge in [-0.25, -0.2) is 9.78 Å². The third-order valence-corrected chi connectivity index (χ3v) is 4.76. The number of esters is 1. The molecular formula is C15H24N2O2S. The molecule has 0 aromatic carbocycles. The van der Waals surface area contributed by atoms with Crippen LogP contribution in [0.4, 0.5) is 5.13 Å². The molecule has 1 saturated heterocycles. The Morgan fingerprint density at radius 3 is 2.95 bits per heavy atom. The fourth-order valence-corrected chi connectivity index (χ4v) is 3.77. The van der Waals surface area contributed by atoms with Crippen molar-refractivity contribution in [2.24, 2.45) is 0 Å². The van der Waals surface area contributed by atoms with Crippen LogP contribution in [0.5, 0.6) is 0 Å². The van der Waals surface area contributed by atoms with Gasteiger partial charge in [-0.3, -0.25) is 0 Å². The molecule has 1 unspecified atom stereocenters. The molecule has 4 nitrogen and oxygen atoms in total. The Morgan fingerprint density at radius 2 is 2.25 bits per heavy atom. The van der Waals surface area contributed by atoms with Crippen molar-refractivity contribution in [2.45, 2.75) is 58.9 Å². The Morgan fingerprint density at radius 1 is 1.45 bits per heavy atom. The number of hydrogen-bond acceptors (Lipinski definition) is 5. The van der Waals surface area contributed by atoms with Crippen LogP contribution >= 0.6 is 11.3 Å². The van der Waals surface area contributed by atoms with Crippen LogP contribution in [0.2, 0.25) is 0 Å². The first-order valence-corrected chi connectivity index (χ1v) is 8.40. The number of hydrogen-bond donors (Lipinski definition) is 0. The number of carbonyl (C=O) groups excluding carboxylic acids is 1. The average Bonchev–Trinajstić information content (AvgIpc) is 2.82. The highest BCUT2D eigenvalue weighted by molar-refractivity contribution is 7.15. The smallest absolute Gasteiger partial charge is 0.358 e. The normalized spacial score (nSPS) is 19.1. The molecule has 0 N–H and O–H groups in total. The highest BCUT2D eigenvalue weighted by Gasteiger charge is 2.26. The summed E-state index contributed by atoms with van der Waals surface area (Å²) >= 11 is 1.62. The van der Waals surface area contributed by atoms with Crippen LogP contribution in [0, 0.1) is 6.92 Å². The second kappa shape index (κ2) is 7.07. The zero-order valence-corrected chi connectivity index (χ0v) is 13.5. The number of nitrogens with zero attached hydrogens (tertiary/aromatic N) is 2. The second-order valence-corrected chi connectivity index (χ2v) is 6.44. The van der Waals surface area contributed by atoms with Crippen LogP contribution in [0.3, 0.4) is 0 Å². The van der Waals surface area contributed by atoms with Gasteiger partial charge in [-0.15, -0.1) is 11.3 Å². The molecule has 1 aromatic heterocycles. The Balaban J connectivity index is 2.19. The summed E-state index contributed by atoms with van der Waals surface area (Å²) in [5.41, 5.74) is 0.493. The highest BCUT2D eigenvalue weighted by atomic mass is 32.1. The maximum absolute atomic E-state index is 11.9. The highest BCUT2D eigenvalue weighted by Crippen LogP contribution is 2.32. The summed E-state index contributed by atoms with van der Waals surface area (Å²) in [7, 11) is 0. The first kappa shape index (κ1) is 15.3. The van der Waals surface area contributed by atoms with E-state index in [9.17, 15) is 4.79 Å². The summed E-state index contributed by atoms with van der Waals surface area (Å²) in [6.07, 6.45) is 6.15. The molecule has 0 radical (unpaired) electrons. The molecule has 0 amide bonds. The summed E-state index contributed by atoms with van der Waals surface area (Å²) in [5, 5.41) is 0.990. The van der Waals surface area contributed by atoms with Crippen LogP contribution in [0.25, 0.3) is 0 Å². The van der Waals surface area contributed by atoms with E-state index in [2.05, 4.69) is 16.8 Å². The van der Waals surface area contributed by atoms with Crippen LogP contribution in [-0.4, -0.2) is 30.1 Å². The van der Waals surface area contributed by atoms with E-state index in [0.717, 1.165) is 16.6 Å². The molecule has 1 atom stereocenters. The third kappa shape index (κ3) is 3.32. The van der Waals surface area contributed by atoms with Crippen molar-refractivity contribution in [2.75, 3.05) is 18.1 Å². The second-order valence-electron chi connectivity index (χ2n) is 5.25. The van der Waals surface area contributed by atoms with Crippen molar-refractivity contribution >= 4 is 22.4 Å². The van der Waals surface area contributed by atoms with Gasteiger partial charge in [0.1, 0.15) is 0 Å². The lowest BCUT2D eigenvalue weighted by Crippen LogP contribution is -2.39. The maximum atomic E-state index is 11.9. The number of piperidine rings is 1. The van der Waals surface area contributed by atoms with E-state index in [-0.39, 0.29) is 5.97 Å². The lowest BCUT2D eigenvalue weighted by molar-refractivity contribution is 0.0519. The fourth-order valence-electron chi connectivity index (χ4n) is 2.78. The summed E-state index contributed by atoms with van der Waals surface area (Å²) in [6.45, 7) is 7.45. The molecule has 0 aliphatic carbocycles. The SMILES string of the molecule is CCCC1CCCCN1c1nc(C(=O)OCC)c(C)s1. The molecule has 1 aliphatic rings. The third-order valence-electron chi connectivity index (χ3n) is 3.75. The van der Waals surface area contributed by atoms with Gasteiger partial charge in [0.05, 0.1) is 6.61 Å². The van der Waals surface area contributed by atoms with Gasteiger partial charge < -0.3 is 9.64 Å². The van der Waals surface area contributed by atoms with E-state index in [0.29, 0.717) is 18.3 Å². The van der Waals surface area contributed by atoms with Gasteiger partial charge in [-0.05, 0) is 39.5 Å². The van der Waals surface area contributed by atoms with Crippen molar-refractivity contribution in [1.29, 1.82) is 0 Å². The van der Waals surface area contributed by atoms with Crippen molar-refractivity contribution < 1.29 is 9.53 Å². The molecule has 2 rings (SSSR count). The van der Waals surface area contributed by atoms with Crippen molar-refractivity contribution in [3.8, 4) is 0 Å². The molecule has 1 aliphatic heterocycles. The lowest BCUT2D eigenvalue weighted by atomic mass is 9.99. The number of aromatic nitrogens is 1. The summed E-state index contributed by atoms with van der Waals surface area (Å²) in [5.74, 6) is -0.295. The summed E-state index contributed by atoms with van der Waals surface area (Å²) < 4.78 is 5.07. The standard InChI is InChI=1S/C15H24N2O2S/c1-4-8-12-9-6-7-10-17(12)15-16-13(11(3)20-15)14(18)19-5-2/h12H,4-10H2,1-3H3. The van der Waals surface area contributed by atoms with Crippen LogP contribution in [-0.2, 0) is 4.74 Å². The number of anilines is 1. The Kier molecular flexibility index (Phi) is 5.40. The minimum absolute atomic E-state index is 0.295. The molecule has 1 fully saturated rings. The summed E-state index contributed by atoms with van der Waals surface area (Å²) in [4.78, 5) is 19.8. The molecule has 0 spiro atoms. The average molecular weight is 296 g/mol. The minimum Gasteiger partial charge on any atom is -0.461 e. The molecule has 5 heteroatoms. The van der Waals surface area contributed by atoms with E-state index >= 15 is 0 Å². The Hall–Kier alpha value is -1.10. The van der Waals surface area contributed by atoms with Gasteiger partial charge in [0, 0.05) is 17.5 Å². The molecular weight excluding hydrogens is 272 g/mol. The van der Waals surface area contributed by atoms with Gasteiger partial charge >= 0.3 is 5.97 Å². The van der Waals surface area contributed by atoms with E-state index in [1.165, 1.54) is 32.1 Å². The monoisotopic (exact) mass is 296 g/mol. The Bertz CT molecular complexity index is 457. The van der Waals surface area contributed by atoms with Crippen LogP contribution < -0.4 is 4.90 Å². The summed E-state index contributed by atoms with van der Waals surface area (Å²) in [6, 6.07) is 0.578. The lowest BCUT2D eigenvalue weighted by Gasteiger charge is -2.35. The molecule has 2 heterocycles. The predicted molar refractivity (Wildman–Crippen MR) is 82.7 cm³/mol. The number of thiazole rings is 1. The first-order valence-electron chi connectivity index (χ1n) is 7.58. The largest absolute Gasteiger partial charge is 0.461 e. The van der Waals surface area contributed by atoms with Gasteiger partial charge in [-0.2, -0.15) is 0 Å². The predicted octanol–water partition coefficient (Wildman–Crippen LogP) is 3.79. The minimum atomic E-state index is -0.295. The van der Waals surface area contributed by atoms with Crippen molar-refractivity contribution in [1.82, 2.24) is 4.98 Å². The Labute approximate surface area is 125 Å². The van der Waals surface area contributed by atoms with E-state index in [4.69, 9.17) is 4.74 Å². The van der Waals surface area contributed by atoms with Crippen LogP contribution in [0.1, 0.15) is 61.3 Å². The van der Waals surface area contributed by atoms with E-state index < -0.39 is 0 Å². The topological polar surface area (TPSA) is 42.4 Å². The van der Waals surface area contributed by atoms with Gasteiger partial charge in [0.2, 0.25) is 0 Å². The van der Waals surface area contributed by atoms with E-state index in [1.54, 1.807) is 11.3 Å².